The van der Waals surface area contributed by atoms with E-state index in [2.05, 4.69) is 10.3 Å². The maximum atomic E-state index is 13.2. The summed E-state index contributed by atoms with van der Waals surface area (Å²) in [5.74, 6) is 0.236. The van der Waals surface area contributed by atoms with E-state index in [1.807, 2.05) is 54.1 Å². The van der Waals surface area contributed by atoms with E-state index in [0.29, 0.717) is 24.3 Å². The third kappa shape index (κ3) is 3.91. The third-order valence-corrected chi connectivity index (χ3v) is 5.27. The first-order valence-electron chi connectivity index (χ1n) is 9.92. The second kappa shape index (κ2) is 8.41. The maximum Gasteiger partial charge on any atom is 0.254 e. The Morgan fingerprint density at radius 3 is 2.67 bits per heavy atom. The van der Waals surface area contributed by atoms with Crippen LogP contribution in [-0.2, 0) is 4.79 Å². The zero-order chi connectivity index (χ0) is 21.1. The number of aryl methyl sites for hydroxylation is 1. The van der Waals surface area contributed by atoms with Gasteiger partial charge in [-0.3, -0.25) is 9.59 Å². The normalized spacial score (nSPS) is 15.8. The van der Waals surface area contributed by atoms with Crippen molar-refractivity contribution in [2.75, 3.05) is 19.0 Å². The van der Waals surface area contributed by atoms with E-state index in [4.69, 9.17) is 4.74 Å². The predicted octanol–water partition coefficient (Wildman–Crippen LogP) is 3.43. The zero-order valence-corrected chi connectivity index (χ0v) is 17.0. The number of anilines is 1. The summed E-state index contributed by atoms with van der Waals surface area (Å²) >= 11 is 0. The number of amides is 2. The van der Waals surface area contributed by atoms with Crippen LogP contribution in [-0.4, -0.2) is 46.0 Å². The summed E-state index contributed by atoms with van der Waals surface area (Å²) in [6.45, 7) is 2.46. The molecule has 3 aromatic rings. The fourth-order valence-corrected chi connectivity index (χ4v) is 3.77. The summed E-state index contributed by atoms with van der Waals surface area (Å²) in [4.78, 5) is 31.9. The van der Waals surface area contributed by atoms with Crippen LogP contribution in [0.15, 0.2) is 61.1 Å². The van der Waals surface area contributed by atoms with Crippen LogP contribution in [0.4, 0.5) is 5.69 Å². The lowest BCUT2D eigenvalue weighted by molar-refractivity contribution is -0.119. The number of methoxy groups -OCH3 is 1. The molecule has 30 heavy (non-hydrogen) atoms. The van der Waals surface area contributed by atoms with Crippen molar-refractivity contribution in [2.45, 2.75) is 25.8 Å². The molecule has 0 spiro atoms. The fourth-order valence-electron chi connectivity index (χ4n) is 3.77. The Hall–Kier alpha value is -3.61. The molecular weight excluding hydrogens is 380 g/mol. The molecule has 7 heteroatoms. The molecule has 0 saturated carbocycles. The zero-order valence-electron chi connectivity index (χ0n) is 17.0. The van der Waals surface area contributed by atoms with Crippen molar-refractivity contribution in [2.24, 2.45) is 0 Å². The quantitative estimate of drug-likeness (QED) is 0.707. The molecular formula is C23H24N4O3. The molecule has 154 valence electrons. The minimum atomic E-state index is -0.486. The van der Waals surface area contributed by atoms with Crippen molar-refractivity contribution in [1.29, 1.82) is 0 Å². The van der Waals surface area contributed by atoms with Crippen LogP contribution < -0.4 is 10.1 Å². The average molecular weight is 404 g/mol. The minimum absolute atomic E-state index is 0.162. The Labute approximate surface area is 175 Å². The molecule has 1 aliphatic heterocycles. The summed E-state index contributed by atoms with van der Waals surface area (Å²) < 4.78 is 7.37. The molecule has 0 aliphatic carbocycles. The Kier molecular flexibility index (Phi) is 5.52. The molecule has 0 bridgehead atoms. The molecule has 1 aliphatic rings. The van der Waals surface area contributed by atoms with Gasteiger partial charge in [0, 0.05) is 24.0 Å². The average Bonchev–Trinajstić information content (AvgIpc) is 3.43. The van der Waals surface area contributed by atoms with E-state index in [9.17, 15) is 9.59 Å². The number of hydrogen-bond acceptors (Lipinski definition) is 4. The van der Waals surface area contributed by atoms with E-state index >= 15 is 0 Å². The van der Waals surface area contributed by atoms with Gasteiger partial charge in [-0.15, -0.1) is 0 Å². The van der Waals surface area contributed by atoms with Gasteiger partial charge in [0.15, 0.2) is 0 Å². The van der Waals surface area contributed by atoms with Gasteiger partial charge in [0.1, 0.15) is 11.8 Å². The summed E-state index contributed by atoms with van der Waals surface area (Å²) in [7, 11) is 1.57. The number of imidazole rings is 1. The first-order valence-corrected chi connectivity index (χ1v) is 9.92. The second-order valence-corrected chi connectivity index (χ2v) is 7.32. The number of rotatable bonds is 5. The number of nitrogens with one attached hydrogen (secondary N) is 1. The number of nitrogens with zero attached hydrogens (tertiary/aromatic N) is 3. The van der Waals surface area contributed by atoms with Gasteiger partial charge in [0.25, 0.3) is 5.91 Å². The number of carbonyl (C=O) groups is 2. The first-order chi connectivity index (χ1) is 14.6. The van der Waals surface area contributed by atoms with Crippen LogP contribution in [0.5, 0.6) is 5.75 Å². The molecule has 1 aromatic heterocycles. The highest BCUT2D eigenvalue weighted by molar-refractivity contribution is 6.01. The summed E-state index contributed by atoms with van der Waals surface area (Å²) in [5.41, 5.74) is 2.91. The van der Waals surface area contributed by atoms with Gasteiger partial charge in [0.05, 0.1) is 24.8 Å². The van der Waals surface area contributed by atoms with Gasteiger partial charge in [-0.25, -0.2) is 4.98 Å². The lowest BCUT2D eigenvalue weighted by Crippen LogP contribution is -2.43. The topological polar surface area (TPSA) is 76.5 Å². The van der Waals surface area contributed by atoms with Gasteiger partial charge in [-0.2, -0.15) is 0 Å². The van der Waals surface area contributed by atoms with Crippen molar-refractivity contribution in [3.05, 3.63) is 72.3 Å². The fraction of sp³-hybridized carbons (Fsp3) is 0.261. The van der Waals surface area contributed by atoms with Crippen LogP contribution in [0.1, 0.15) is 28.9 Å². The van der Waals surface area contributed by atoms with Crippen LogP contribution in [0, 0.1) is 6.92 Å². The van der Waals surface area contributed by atoms with Crippen LogP contribution >= 0.6 is 0 Å². The highest BCUT2D eigenvalue weighted by atomic mass is 16.5. The smallest absolute Gasteiger partial charge is 0.254 e. The van der Waals surface area contributed by atoms with Gasteiger partial charge < -0.3 is 19.5 Å². The number of aromatic nitrogens is 2. The molecule has 1 saturated heterocycles. The van der Waals surface area contributed by atoms with Gasteiger partial charge in [-0.1, -0.05) is 18.2 Å². The van der Waals surface area contributed by atoms with Gasteiger partial charge >= 0.3 is 0 Å². The molecule has 1 fully saturated rings. The molecule has 1 N–H and O–H groups in total. The molecule has 2 amide bonds. The Balaban J connectivity index is 1.55. The first kappa shape index (κ1) is 19.7. The highest BCUT2D eigenvalue weighted by Gasteiger charge is 2.34. The number of ether oxygens (including phenoxy) is 1. The largest absolute Gasteiger partial charge is 0.495 e. The van der Waals surface area contributed by atoms with Crippen molar-refractivity contribution < 1.29 is 14.3 Å². The Bertz CT molecular complexity index is 1060. The highest BCUT2D eigenvalue weighted by Crippen LogP contribution is 2.27. The van der Waals surface area contributed by atoms with Gasteiger partial charge in [-0.05, 0) is 50.1 Å². The lowest BCUT2D eigenvalue weighted by atomic mass is 10.1. The number of para-hydroxylation sites is 1. The van der Waals surface area contributed by atoms with Crippen LogP contribution in [0.2, 0.25) is 0 Å². The van der Waals surface area contributed by atoms with E-state index in [-0.39, 0.29) is 11.8 Å². The monoisotopic (exact) mass is 404 g/mol. The van der Waals surface area contributed by atoms with Crippen molar-refractivity contribution in [3.63, 3.8) is 0 Å². The van der Waals surface area contributed by atoms with Crippen molar-refractivity contribution >= 4 is 17.5 Å². The molecule has 0 radical (unpaired) electrons. The molecule has 2 heterocycles. The van der Waals surface area contributed by atoms with E-state index < -0.39 is 6.04 Å². The van der Waals surface area contributed by atoms with E-state index in [1.54, 1.807) is 30.5 Å². The Morgan fingerprint density at radius 1 is 1.17 bits per heavy atom. The van der Waals surface area contributed by atoms with E-state index in [1.165, 1.54) is 0 Å². The Morgan fingerprint density at radius 2 is 1.97 bits per heavy atom. The van der Waals surface area contributed by atoms with Crippen LogP contribution in [0.25, 0.3) is 5.69 Å². The van der Waals surface area contributed by atoms with E-state index in [0.717, 1.165) is 23.5 Å². The predicted molar refractivity (Wildman–Crippen MR) is 114 cm³/mol. The maximum absolute atomic E-state index is 13.2. The molecule has 7 nitrogen and oxygen atoms in total. The molecule has 1 atom stereocenters. The third-order valence-electron chi connectivity index (χ3n) is 5.27. The molecule has 2 aromatic carbocycles. The number of likely N-dealkylation sites (tertiary alicyclic amines) is 1. The minimum Gasteiger partial charge on any atom is -0.495 e. The van der Waals surface area contributed by atoms with Crippen LogP contribution in [0.3, 0.4) is 0 Å². The number of hydrogen-bond donors (Lipinski definition) is 1. The lowest BCUT2D eigenvalue weighted by Gasteiger charge is -2.24. The van der Waals surface area contributed by atoms with Crippen molar-refractivity contribution in [1.82, 2.24) is 14.5 Å². The number of benzene rings is 2. The summed E-state index contributed by atoms with van der Waals surface area (Å²) in [6, 6.07) is 14.1. The SMILES string of the molecule is COc1cc(C(=O)N2CCCC2C(=O)Nc2ccccc2)ccc1-n1cnc(C)c1. The second-order valence-electron chi connectivity index (χ2n) is 7.32. The van der Waals surface area contributed by atoms with Gasteiger partial charge in [0.2, 0.25) is 5.91 Å². The van der Waals surface area contributed by atoms with Crippen molar-refractivity contribution in [3.8, 4) is 11.4 Å². The number of carbonyl (C=O) groups excluding carboxylic acids is 2. The molecule has 4 rings (SSSR count). The summed E-state index contributed by atoms with van der Waals surface area (Å²) in [5, 5.41) is 2.91. The standard InChI is InChI=1S/C23H24N4O3/c1-16-14-26(15-24-16)19-11-10-17(13-21(19)30-2)23(29)27-12-6-9-20(27)22(28)25-18-7-4-3-5-8-18/h3-5,7-8,10-11,13-15,20H,6,9,12H2,1-2H3,(H,25,28). The summed E-state index contributed by atoms with van der Waals surface area (Å²) in [6.07, 6.45) is 5.04. The molecule has 1 unspecified atom stereocenters.